The van der Waals surface area contributed by atoms with Gasteiger partial charge in [-0.3, -0.25) is 4.79 Å². The number of rotatable bonds is 4. The zero-order chi connectivity index (χ0) is 11.6. The van der Waals surface area contributed by atoms with Crippen LogP contribution in [0.1, 0.15) is 24.8 Å². The van der Waals surface area contributed by atoms with Gasteiger partial charge in [-0.2, -0.15) is 0 Å². The maximum absolute atomic E-state index is 11.1. The first-order valence-corrected chi connectivity index (χ1v) is 5.56. The van der Waals surface area contributed by atoms with E-state index in [0.717, 1.165) is 30.6 Å². The van der Waals surface area contributed by atoms with Crippen LogP contribution in [0.15, 0.2) is 24.3 Å². The second-order valence-electron chi connectivity index (χ2n) is 4.49. The van der Waals surface area contributed by atoms with Crippen LogP contribution in [-0.2, 0) is 4.79 Å². The highest BCUT2D eigenvalue weighted by Gasteiger charge is 2.45. The molecule has 0 saturated heterocycles. The van der Waals surface area contributed by atoms with Crippen molar-refractivity contribution in [3.8, 4) is 5.75 Å². The summed E-state index contributed by atoms with van der Waals surface area (Å²) < 4.78 is 5.62. The van der Waals surface area contributed by atoms with E-state index >= 15 is 0 Å². The molecule has 0 amide bonds. The predicted molar refractivity (Wildman–Crippen MR) is 60.6 cm³/mol. The van der Waals surface area contributed by atoms with Gasteiger partial charge in [0.1, 0.15) is 17.8 Å². The van der Waals surface area contributed by atoms with Crippen LogP contribution in [-0.4, -0.2) is 17.7 Å². The number of hydrogen-bond donors (Lipinski definition) is 1. The number of carbonyl (C=O) groups is 1. The molecule has 0 unspecified atom stereocenters. The minimum absolute atomic E-state index is 0.285. The molecular formula is C13H16O3. The smallest absolute Gasteiger partial charge is 0.313 e. The second kappa shape index (κ2) is 4.16. The Morgan fingerprint density at radius 2 is 2.12 bits per heavy atom. The fourth-order valence-electron chi connectivity index (χ4n) is 1.96. The van der Waals surface area contributed by atoms with Gasteiger partial charge in [0.15, 0.2) is 0 Å². The van der Waals surface area contributed by atoms with E-state index in [-0.39, 0.29) is 6.61 Å². The Balaban J connectivity index is 2.02. The number of aryl methyl sites for hydroxylation is 1. The van der Waals surface area contributed by atoms with Crippen LogP contribution in [0.4, 0.5) is 0 Å². The number of aliphatic carboxylic acids is 1. The maximum atomic E-state index is 11.1. The van der Waals surface area contributed by atoms with Crippen LogP contribution in [0.3, 0.4) is 0 Å². The van der Waals surface area contributed by atoms with Crippen molar-refractivity contribution >= 4 is 5.97 Å². The van der Waals surface area contributed by atoms with Gasteiger partial charge in [0.05, 0.1) is 0 Å². The monoisotopic (exact) mass is 220 g/mol. The number of ether oxygens (including phenoxy) is 1. The van der Waals surface area contributed by atoms with Crippen molar-refractivity contribution < 1.29 is 14.6 Å². The lowest BCUT2D eigenvalue weighted by molar-refractivity contribution is -0.157. The number of para-hydroxylation sites is 1. The molecule has 2 rings (SSSR count). The minimum Gasteiger partial charge on any atom is -0.492 e. The van der Waals surface area contributed by atoms with E-state index in [1.165, 1.54) is 0 Å². The Hall–Kier alpha value is -1.51. The molecule has 0 spiro atoms. The molecular weight excluding hydrogens is 204 g/mol. The topological polar surface area (TPSA) is 46.5 Å². The molecule has 16 heavy (non-hydrogen) atoms. The van der Waals surface area contributed by atoms with Crippen LogP contribution < -0.4 is 4.74 Å². The van der Waals surface area contributed by atoms with E-state index in [2.05, 4.69) is 0 Å². The number of benzene rings is 1. The molecule has 0 aliphatic heterocycles. The Morgan fingerprint density at radius 1 is 1.44 bits per heavy atom. The Labute approximate surface area is 95.0 Å². The fraction of sp³-hybridized carbons (Fsp3) is 0.462. The van der Waals surface area contributed by atoms with Gasteiger partial charge in [-0.1, -0.05) is 24.6 Å². The maximum Gasteiger partial charge on any atom is 0.313 e. The molecule has 1 N–H and O–H groups in total. The molecule has 1 fully saturated rings. The predicted octanol–water partition coefficient (Wildman–Crippen LogP) is 2.63. The van der Waals surface area contributed by atoms with Crippen molar-refractivity contribution in [2.24, 2.45) is 5.41 Å². The zero-order valence-electron chi connectivity index (χ0n) is 9.40. The van der Waals surface area contributed by atoms with Crippen LogP contribution in [0.25, 0.3) is 0 Å². The average Bonchev–Trinajstić information content (AvgIpc) is 2.18. The number of carboxylic acid groups (broad SMARTS) is 1. The van der Waals surface area contributed by atoms with Gasteiger partial charge in [0.2, 0.25) is 0 Å². The summed E-state index contributed by atoms with van der Waals surface area (Å²) in [5.41, 5.74) is 0.407. The van der Waals surface area contributed by atoms with Crippen LogP contribution in [0.2, 0.25) is 0 Å². The summed E-state index contributed by atoms with van der Waals surface area (Å²) in [4.78, 5) is 11.1. The Bertz CT molecular complexity index is 394. The molecule has 0 aromatic heterocycles. The molecule has 3 heteroatoms. The summed E-state index contributed by atoms with van der Waals surface area (Å²) in [6.45, 7) is 2.25. The summed E-state index contributed by atoms with van der Waals surface area (Å²) >= 11 is 0. The van der Waals surface area contributed by atoms with E-state index in [4.69, 9.17) is 9.84 Å². The molecule has 0 bridgehead atoms. The van der Waals surface area contributed by atoms with Gasteiger partial charge in [-0.05, 0) is 31.4 Å². The minimum atomic E-state index is -0.729. The van der Waals surface area contributed by atoms with Gasteiger partial charge in [-0.15, -0.1) is 0 Å². The van der Waals surface area contributed by atoms with Gasteiger partial charge in [-0.25, -0.2) is 0 Å². The van der Waals surface area contributed by atoms with Gasteiger partial charge < -0.3 is 9.84 Å². The van der Waals surface area contributed by atoms with Gasteiger partial charge >= 0.3 is 5.97 Å². The first kappa shape index (κ1) is 11.0. The first-order chi connectivity index (χ1) is 7.64. The third-order valence-corrected chi connectivity index (χ3v) is 3.36. The lowest BCUT2D eigenvalue weighted by atomic mass is 9.69. The van der Waals surface area contributed by atoms with E-state index < -0.39 is 11.4 Å². The largest absolute Gasteiger partial charge is 0.492 e. The van der Waals surface area contributed by atoms with Crippen molar-refractivity contribution in [3.05, 3.63) is 29.8 Å². The van der Waals surface area contributed by atoms with Crippen molar-refractivity contribution in [1.82, 2.24) is 0 Å². The third kappa shape index (κ3) is 1.90. The highest BCUT2D eigenvalue weighted by atomic mass is 16.5. The molecule has 0 radical (unpaired) electrons. The highest BCUT2D eigenvalue weighted by Crippen LogP contribution is 2.41. The van der Waals surface area contributed by atoms with E-state index in [9.17, 15) is 4.79 Å². The Morgan fingerprint density at radius 3 is 2.62 bits per heavy atom. The van der Waals surface area contributed by atoms with Crippen LogP contribution >= 0.6 is 0 Å². The standard InChI is InChI=1S/C13H16O3/c1-10-5-2-3-6-11(10)16-9-13(12(14)15)7-4-8-13/h2-3,5-6H,4,7-9H2,1H3,(H,14,15). The molecule has 0 heterocycles. The molecule has 1 aliphatic carbocycles. The van der Waals surface area contributed by atoms with Gasteiger partial charge in [0, 0.05) is 0 Å². The van der Waals surface area contributed by atoms with Crippen molar-refractivity contribution in [3.63, 3.8) is 0 Å². The van der Waals surface area contributed by atoms with Crippen molar-refractivity contribution in [1.29, 1.82) is 0 Å². The number of carboxylic acids is 1. The average molecular weight is 220 g/mol. The fourth-order valence-corrected chi connectivity index (χ4v) is 1.96. The molecule has 1 aromatic carbocycles. The quantitative estimate of drug-likeness (QED) is 0.848. The van der Waals surface area contributed by atoms with E-state index in [0.29, 0.717) is 0 Å². The summed E-state index contributed by atoms with van der Waals surface area (Å²) in [6.07, 6.45) is 2.45. The summed E-state index contributed by atoms with van der Waals surface area (Å²) in [6, 6.07) is 7.68. The molecule has 1 aromatic rings. The molecule has 0 atom stereocenters. The third-order valence-electron chi connectivity index (χ3n) is 3.36. The SMILES string of the molecule is Cc1ccccc1OCC1(C(=O)O)CCC1. The highest BCUT2D eigenvalue weighted by molar-refractivity contribution is 5.75. The molecule has 1 aliphatic rings. The lowest BCUT2D eigenvalue weighted by Gasteiger charge is -2.37. The van der Waals surface area contributed by atoms with E-state index in [1.807, 2.05) is 31.2 Å². The summed E-state index contributed by atoms with van der Waals surface area (Å²) in [5, 5.41) is 9.15. The number of hydrogen-bond acceptors (Lipinski definition) is 2. The van der Waals surface area contributed by atoms with Gasteiger partial charge in [0.25, 0.3) is 0 Å². The molecule has 1 saturated carbocycles. The summed E-state index contributed by atoms with van der Waals surface area (Å²) in [5.74, 6) is 0.0577. The summed E-state index contributed by atoms with van der Waals surface area (Å²) in [7, 11) is 0. The van der Waals surface area contributed by atoms with Crippen LogP contribution in [0, 0.1) is 12.3 Å². The first-order valence-electron chi connectivity index (χ1n) is 5.56. The Kier molecular flexibility index (Phi) is 2.86. The second-order valence-corrected chi connectivity index (χ2v) is 4.49. The molecule has 3 nitrogen and oxygen atoms in total. The van der Waals surface area contributed by atoms with E-state index in [1.54, 1.807) is 0 Å². The van der Waals surface area contributed by atoms with Crippen LogP contribution in [0.5, 0.6) is 5.75 Å². The molecule has 86 valence electrons. The zero-order valence-corrected chi connectivity index (χ0v) is 9.40. The lowest BCUT2D eigenvalue weighted by Crippen LogP contribution is -2.43. The van der Waals surface area contributed by atoms with Crippen molar-refractivity contribution in [2.45, 2.75) is 26.2 Å². The van der Waals surface area contributed by atoms with Crippen molar-refractivity contribution in [2.75, 3.05) is 6.61 Å². The normalized spacial score (nSPS) is 17.6.